The van der Waals surface area contributed by atoms with Crippen LogP contribution in [0.25, 0.3) is 11.0 Å². The molecule has 2 aromatic rings. The molecule has 0 radical (unpaired) electrons. The number of fused-ring (bicyclic) bond motifs is 1. The summed E-state index contributed by atoms with van der Waals surface area (Å²) in [6, 6.07) is 1.98. The molecule has 0 aliphatic rings. The number of nitrogens with zero attached hydrogens (tertiary/aromatic N) is 2. The maximum Gasteiger partial charge on any atom is 0.141 e. The summed E-state index contributed by atoms with van der Waals surface area (Å²) in [7, 11) is 1.92. The van der Waals surface area contributed by atoms with Gasteiger partial charge in [-0.1, -0.05) is 11.6 Å². The first kappa shape index (κ1) is 8.53. The highest BCUT2D eigenvalue weighted by molar-refractivity contribution is 6.35. The van der Waals surface area contributed by atoms with Crippen molar-refractivity contribution in [2.75, 3.05) is 0 Å². The van der Waals surface area contributed by atoms with Crippen LogP contribution in [0.2, 0.25) is 5.02 Å². The molecule has 13 heavy (non-hydrogen) atoms. The fraction of sp³-hybridized carbons (Fsp3) is 0.222. The van der Waals surface area contributed by atoms with Gasteiger partial charge in [-0.3, -0.25) is 0 Å². The molecule has 0 spiro atoms. The molecule has 0 bridgehead atoms. The number of aryl methyl sites for hydroxylation is 1. The maximum atomic E-state index is 6.01. The van der Waals surface area contributed by atoms with Gasteiger partial charge < -0.3 is 10.3 Å². The highest BCUT2D eigenvalue weighted by atomic mass is 35.5. The van der Waals surface area contributed by atoms with Crippen LogP contribution in [0.3, 0.4) is 0 Å². The summed E-state index contributed by atoms with van der Waals surface area (Å²) in [6.07, 6.45) is 3.62. The summed E-state index contributed by atoms with van der Waals surface area (Å²) in [5, 5.41) is 1.69. The van der Waals surface area contributed by atoms with Crippen molar-refractivity contribution in [1.29, 1.82) is 0 Å². The Hall–Kier alpha value is -1.06. The Bertz CT molecular complexity index is 447. The van der Waals surface area contributed by atoms with E-state index in [0.29, 0.717) is 6.54 Å². The Kier molecular flexibility index (Phi) is 1.98. The third-order valence-corrected chi connectivity index (χ3v) is 2.36. The fourth-order valence-corrected chi connectivity index (χ4v) is 1.66. The van der Waals surface area contributed by atoms with Crippen LogP contribution in [0.1, 0.15) is 5.56 Å². The molecule has 2 rings (SSSR count). The Morgan fingerprint density at radius 3 is 3.08 bits per heavy atom. The van der Waals surface area contributed by atoms with E-state index in [0.717, 1.165) is 21.6 Å². The van der Waals surface area contributed by atoms with Crippen molar-refractivity contribution < 1.29 is 0 Å². The Labute approximate surface area is 81.1 Å². The largest absolute Gasteiger partial charge is 0.334 e. The highest BCUT2D eigenvalue weighted by Crippen LogP contribution is 2.23. The SMILES string of the molecule is Cn1cc(Cl)c2cc(CN)cnc21. The molecular formula is C9H10ClN3. The van der Waals surface area contributed by atoms with Gasteiger partial charge in [0.05, 0.1) is 5.02 Å². The lowest BCUT2D eigenvalue weighted by Gasteiger charge is -1.97. The molecule has 0 amide bonds. The normalized spacial score (nSPS) is 11.0. The van der Waals surface area contributed by atoms with Gasteiger partial charge in [-0.2, -0.15) is 0 Å². The number of rotatable bonds is 1. The van der Waals surface area contributed by atoms with Crippen LogP contribution in [0, 0.1) is 0 Å². The fourth-order valence-electron chi connectivity index (χ4n) is 1.37. The number of pyridine rings is 1. The molecule has 2 N–H and O–H groups in total. The van der Waals surface area contributed by atoms with Crippen molar-refractivity contribution in [2.24, 2.45) is 12.8 Å². The van der Waals surface area contributed by atoms with Crippen molar-refractivity contribution in [1.82, 2.24) is 9.55 Å². The van der Waals surface area contributed by atoms with Crippen LogP contribution in [-0.2, 0) is 13.6 Å². The van der Waals surface area contributed by atoms with Gasteiger partial charge in [0.25, 0.3) is 0 Å². The summed E-state index contributed by atoms with van der Waals surface area (Å²) < 4.78 is 1.90. The monoisotopic (exact) mass is 195 g/mol. The Morgan fingerprint density at radius 1 is 1.62 bits per heavy atom. The van der Waals surface area contributed by atoms with Gasteiger partial charge >= 0.3 is 0 Å². The standard InChI is InChI=1S/C9H10ClN3/c1-13-5-8(10)7-2-6(3-11)4-12-9(7)13/h2,4-5H,3,11H2,1H3. The quantitative estimate of drug-likeness (QED) is 0.753. The first-order chi connectivity index (χ1) is 6.22. The van der Waals surface area contributed by atoms with E-state index in [2.05, 4.69) is 4.98 Å². The van der Waals surface area contributed by atoms with E-state index < -0.39 is 0 Å². The highest BCUT2D eigenvalue weighted by Gasteiger charge is 2.05. The second-order valence-corrected chi connectivity index (χ2v) is 3.41. The summed E-state index contributed by atoms with van der Waals surface area (Å²) >= 11 is 6.01. The minimum absolute atomic E-state index is 0.494. The van der Waals surface area contributed by atoms with Crippen molar-refractivity contribution >= 4 is 22.6 Å². The molecule has 0 aromatic carbocycles. The topological polar surface area (TPSA) is 43.8 Å². The average Bonchev–Trinajstić information content (AvgIpc) is 2.42. The minimum Gasteiger partial charge on any atom is -0.334 e. The summed E-state index contributed by atoms with van der Waals surface area (Å²) in [5.74, 6) is 0. The van der Waals surface area contributed by atoms with Crippen LogP contribution in [-0.4, -0.2) is 9.55 Å². The zero-order valence-electron chi connectivity index (χ0n) is 7.29. The lowest BCUT2D eigenvalue weighted by atomic mass is 10.2. The molecule has 0 aliphatic heterocycles. The van der Waals surface area contributed by atoms with E-state index in [1.54, 1.807) is 6.20 Å². The molecule has 0 atom stereocenters. The lowest BCUT2D eigenvalue weighted by molar-refractivity contribution is 0.944. The van der Waals surface area contributed by atoms with E-state index in [1.807, 2.05) is 23.9 Å². The van der Waals surface area contributed by atoms with Crippen LogP contribution in [0.5, 0.6) is 0 Å². The van der Waals surface area contributed by atoms with E-state index in [4.69, 9.17) is 17.3 Å². The second kappa shape index (κ2) is 3.01. The predicted molar refractivity (Wildman–Crippen MR) is 53.6 cm³/mol. The number of halogens is 1. The molecule has 0 saturated carbocycles. The minimum atomic E-state index is 0.494. The van der Waals surface area contributed by atoms with Crippen molar-refractivity contribution in [3.8, 4) is 0 Å². The number of hydrogen-bond donors (Lipinski definition) is 1. The van der Waals surface area contributed by atoms with Gasteiger partial charge in [0.1, 0.15) is 5.65 Å². The van der Waals surface area contributed by atoms with Crippen LogP contribution in [0.4, 0.5) is 0 Å². The number of nitrogens with two attached hydrogens (primary N) is 1. The predicted octanol–water partition coefficient (Wildman–Crippen LogP) is 1.69. The summed E-state index contributed by atoms with van der Waals surface area (Å²) in [4.78, 5) is 4.27. The zero-order valence-corrected chi connectivity index (χ0v) is 8.04. The number of aromatic nitrogens is 2. The molecule has 2 aromatic heterocycles. The molecule has 0 aliphatic carbocycles. The molecule has 68 valence electrons. The first-order valence-electron chi connectivity index (χ1n) is 4.02. The Balaban J connectivity index is 2.76. The van der Waals surface area contributed by atoms with Crippen molar-refractivity contribution in [3.63, 3.8) is 0 Å². The molecule has 2 heterocycles. The summed E-state index contributed by atoms with van der Waals surface area (Å²) in [5.41, 5.74) is 7.40. The van der Waals surface area contributed by atoms with Gasteiger partial charge in [-0.25, -0.2) is 4.98 Å². The average molecular weight is 196 g/mol. The van der Waals surface area contributed by atoms with Crippen molar-refractivity contribution in [2.45, 2.75) is 6.54 Å². The van der Waals surface area contributed by atoms with Gasteiger partial charge in [0.15, 0.2) is 0 Å². The van der Waals surface area contributed by atoms with E-state index >= 15 is 0 Å². The van der Waals surface area contributed by atoms with Gasteiger partial charge in [-0.05, 0) is 11.6 Å². The molecule has 0 unspecified atom stereocenters. The molecular weight excluding hydrogens is 186 g/mol. The lowest BCUT2D eigenvalue weighted by Crippen LogP contribution is -1.97. The van der Waals surface area contributed by atoms with Gasteiger partial charge in [-0.15, -0.1) is 0 Å². The van der Waals surface area contributed by atoms with Crippen LogP contribution in [0.15, 0.2) is 18.5 Å². The Morgan fingerprint density at radius 2 is 2.38 bits per heavy atom. The van der Waals surface area contributed by atoms with E-state index in [-0.39, 0.29) is 0 Å². The third kappa shape index (κ3) is 1.30. The van der Waals surface area contributed by atoms with Crippen LogP contribution < -0.4 is 5.73 Å². The molecule has 4 heteroatoms. The van der Waals surface area contributed by atoms with Crippen LogP contribution >= 0.6 is 11.6 Å². The van der Waals surface area contributed by atoms with Gasteiger partial charge in [0.2, 0.25) is 0 Å². The van der Waals surface area contributed by atoms with E-state index in [9.17, 15) is 0 Å². The second-order valence-electron chi connectivity index (χ2n) is 3.01. The molecule has 0 fully saturated rings. The molecule has 3 nitrogen and oxygen atoms in total. The third-order valence-electron chi connectivity index (χ3n) is 2.06. The molecule has 0 saturated heterocycles. The van der Waals surface area contributed by atoms with E-state index in [1.165, 1.54) is 0 Å². The number of hydrogen-bond acceptors (Lipinski definition) is 2. The first-order valence-corrected chi connectivity index (χ1v) is 4.39. The smallest absolute Gasteiger partial charge is 0.141 e. The zero-order chi connectivity index (χ0) is 9.42. The maximum absolute atomic E-state index is 6.01. The summed E-state index contributed by atoms with van der Waals surface area (Å²) in [6.45, 7) is 0.494. The van der Waals surface area contributed by atoms with Gasteiger partial charge in [0, 0.05) is 31.4 Å². The van der Waals surface area contributed by atoms with Crippen molar-refractivity contribution in [3.05, 3.63) is 29.0 Å².